The molecule has 0 atom stereocenters. The van der Waals surface area contributed by atoms with Gasteiger partial charge >= 0.3 is 11.9 Å². The van der Waals surface area contributed by atoms with Gasteiger partial charge in [-0.15, -0.1) is 0 Å². The SMILES string of the molecule is C.C.C=CC(=O)O.C=CC(=O)OCCCCCCC1CCC(c2ccc(-c3ccc(Cc4ccc(N=Nc5ccc(N=Nc6ccc(O)cc6)cc5)cc4)cc3)cc2)CC1.CC1CCC(c2ccc(-c3ccc(CCCCCCc4ccc(N=Nc5ccc(N=Nc6ccc(Br)cc6)cc5)cc4)cc3)cc2)CC1. The topological polar surface area (TPSA) is 183 Å². The number of benzene rings is 10. The molecule has 0 aromatic heterocycles. The molecule has 0 unspecified atom stereocenters. The third-order valence-electron chi connectivity index (χ3n) is 19.8. The van der Waals surface area contributed by atoms with Gasteiger partial charge in [0.1, 0.15) is 5.75 Å². The second kappa shape index (κ2) is 45.1. The Morgan fingerprint density at radius 1 is 0.389 bits per heavy atom. The first-order valence-electron chi connectivity index (χ1n) is 37.5. The number of unbranched alkanes of at least 4 members (excludes halogenated alkanes) is 6. The number of carbonyl (C=O) groups excluding carboxylic acids is 1. The van der Waals surface area contributed by atoms with Crippen molar-refractivity contribution in [2.45, 2.75) is 162 Å². The van der Waals surface area contributed by atoms with Crippen molar-refractivity contribution < 1.29 is 24.5 Å². The van der Waals surface area contributed by atoms with E-state index in [1.807, 2.05) is 84.9 Å². The molecule has 0 aliphatic heterocycles. The highest BCUT2D eigenvalue weighted by Gasteiger charge is 2.23. The number of carboxylic acids is 1. The van der Waals surface area contributed by atoms with Gasteiger partial charge in [0.15, 0.2) is 0 Å². The quantitative estimate of drug-likeness (QED) is 0.0196. The van der Waals surface area contributed by atoms with Crippen LogP contribution in [0.5, 0.6) is 5.75 Å². The molecule has 2 N–H and O–H groups in total. The van der Waals surface area contributed by atoms with Crippen molar-refractivity contribution in [2.24, 2.45) is 52.7 Å². The van der Waals surface area contributed by atoms with Crippen molar-refractivity contribution in [1.29, 1.82) is 0 Å². The van der Waals surface area contributed by atoms with E-state index in [-0.39, 0.29) is 26.6 Å². The number of halogens is 1. The Kier molecular flexibility index (Phi) is 34.6. The molecular formula is C94H105BrN8O5. The van der Waals surface area contributed by atoms with Crippen molar-refractivity contribution in [3.05, 3.63) is 306 Å². The van der Waals surface area contributed by atoms with Crippen LogP contribution in [0.1, 0.15) is 176 Å². The molecule has 0 heterocycles. The van der Waals surface area contributed by atoms with Gasteiger partial charge in [0, 0.05) is 16.6 Å². The summed E-state index contributed by atoms with van der Waals surface area (Å²) in [6.07, 6.45) is 26.7. The second-order valence-electron chi connectivity index (χ2n) is 27.7. The van der Waals surface area contributed by atoms with Crippen LogP contribution in [0.2, 0.25) is 0 Å². The fourth-order valence-electron chi connectivity index (χ4n) is 13.4. The molecule has 0 saturated heterocycles. The fourth-order valence-corrected chi connectivity index (χ4v) is 13.7. The van der Waals surface area contributed by atoms with E-state index in [1.165, 1.54) is 158 Å². The standard InChI is InChI=1S/C46H48N4O3.C43H45BrN4.C3H4O2.2CH4/c1-2-46(52)53-32-6-4-3-5-7-34-8-14-37(15-9-34)39-18-20-40(21-19-39)38-16-10-35(11-17-38)33-36-12-22-41(23-13-36)47-48-42-24-26-43(27-25-42)49-50-44-28-30-45(51)31-29-44;1-32-8-14-35(15-9-32)37-18-20-38(21-19-37)36-16-10-33(11-17-36)6-4-2-3-5-7-34-12-24-40(25-13-34)45-47-42-28-30-43(31-29-42)48-46-41-26-22-39(44)23-27-41;1-2-3(4)5;;/h2,10-13,16-31,34,37,51H,1,3-9,14-15,32-33H2;10-13,16-32,35H,2-9,14-15H2,1H3;2H,1H2,(H,4,5);2*1H4. The van der Waals surface area contributed by atoms with Crippen molar-refractivity contribution in [3.8, 4) is 28.0 Å². The number of rotatable bonds is 30. The Bertz CT molecular complexity index is 4430. The van der Waals surface area contributed by atoms with E-state index in [0.717, 1.165) is 94.5 Å². The van der Waals surface area contributed by atoms with Crippen molar-refractivity contribution in [1.82, 2.24) is 0 Å². The van der Waals surface area contributed by atoms with E-state index in [4.69, 9.17) is 9.84 Å². The van der Waals surface area contributed by atoms with Crippen LogP contribution in [-0.4, -0.2) is 28.8 Å². The van der Waals surface area contributed by atoms with Crippen LogP contribution in [0.15, 0.2) is 313 Å². The number of azo groups is 4. The Hall–Kier alpha value is -10.7. The molecule has 2 aliphatic carbocycles. The number of aryl methyl sites for hydroxylation is 2. The first-order valence-corrected chi connectivity index (χ1v) is 38.3. The largest absolute Gasteiger partial charge is 0.508 e. The summed E-state index contributed by atoms with van der Waals surface area (Å²) in [7, 11) is 0. The second-order valence-corrected chi connectivity index (χ2v) is 28.6. The van der Waals surface area contributed by atoms with Gasteiger partial charge in [0.2, 0.25) is 0 Å². The monoisotopic (exact) mass is 1500 g/mol. The number of ether oxygens (including phenoxy) is 1. The van der Waals surface area contributed by atoms with E-state index in [0.29, 0.717) is 23.9 Å². The first kappa shape index (κ1) is 82.9. The maximum absolute atomic E-state index is 11.1. The average Bonchev–Trinajstić information content (AvgIpc) is 0.818. The van der Waals surface area contributed by atoms with Gasteiger partial charge in [-0.25, -0.2) is 9.59 Å². The Morgan fingerprint density at radius 3 is 1.06 bits per heavy atom. The Morgan fingerprint density at radius 2 is 0.685 bits per heavy atom. The minimum atomic E-state index is -0.981. The lowest BCUT2D eigenvalue weighted by Gasteiger charge is -2.29. The summed E-state index contributed by atoms with van der Waals surface area (Å²) in [5.41, 5.74) is 19.6. The number of carbonyl (C=O) groups is 2. The lowest BCUT2D eigenvalue weighted by atomic mass is 9.77. The zero-order chi connectivity index (χ0) is 73.9. The molecule has 0 spiro atoms. The Balaban J connectivity index is 0.000000253. The van der Waals surface area contributed by atoms with Gasteiger partial charge in [-0.2, -0.15) is 40.9 Å². The number of aromatic hydroxyl groups is 1. The zero-order valence-electron chi connectivity index (χ0n) is 60.9. The van der Waals surface area contributed by atoms with Gasteiger partial charge < -0.3 is 14.9 Å². The number of hydrogen-bond donors (Lipinski definition) is 2. The van der Waals surface area contributed by atoms with Gasteiger partial charge in [-0.3, -0.25) is 0 Å². The highest BCUT2D eigenvalue weighted by molar-refractivity contribution is 9.10. The molecule has 0 radical (unpaired) electrons. The van der Waals surface area contributed by atoms with Crippen LogP contribution in [0, 0.1) is 11.8 Å². The maximum Gasteiger partial charge on any atom is 0.330 e. The average molecular weight is 1510 g/mol. The highest BCUT2D eigenvalue weighted by atomic mass is 79.9. The number of phenolic OH excluding ortho intramolecular Hbond substituents is 1. The fraction of sp³-hybridized carbons (Fsp3) is 0.298. The van der Waals surface area contributed by atoms with Gasteiger partial charge in [0.25, 0.3) is 0 Å². The molecule has 10 aromatic carbocycles. The van der Waals surface area contributed by atoms with Crippen molar-refractivity contribution in [3.63, 3.8) is 0 Å². The van der Waals surface area contributed by atoms with Crippen LogP contribution in [0.3, 0.4) is 0 Å². The summed E-state index contributed by atoms with van der Waals surface area (Å²) in [5.74, 6) is 2.07. The van der Waals surface area contributed by atoms with E-state index in [9.17, 15) is 14.7 Å². The number of esters is 1. The van der Waals surface area contributed by atoms with Gasteiger partial charge in [-0.05, 0) is 278 Å². The lowest BCUT2D eigenvalue weighted by Crippen LogP contribution is -2.13. The molecule has 0 bridgehead atoms. The molecule has 108 heavy (non-hydrogen) atoms. The summed E-state index contributed by atoms with van der Waals surface area (Å²) in [5, 5.41) is 51.5. The van der Waals surface area contributed by atoms with Crippen LogP contribution >= 0.6 is 15.9 Å². The summed E-state index contributed by atoms with van der Waals surface area (Å²) in [6.45, 7) is 9.29. The minimum Gasteiger partial charge on any atom is -0.508 e. The number of aliphatic carboxylic acids is 1. The molecule has 2 fully saturated rings. The summed E-state index contributed by atoms with van der Waals surface area (Å²) >= 11 is 3.43. The van der Waals surface area contributed by atoms with Crippen LogP contribution < -0.4 is 0 Å². The highest BCUT2D eigenvalue weighted by Crippen LogP contribution is 2.40. The molecule has 2 aliphatic rings. The van der Waals surface area contributed by atoms with E-state index in [2.05, 4.69) is 210 Å². The van der Waals surface area contributed by atoms with Crippen LogP contribution in [0.4, 0.5) is 45.5 Å². The molecular weight excluding hydrogens is 1400 g/mol. The number of nitrogens with zero attached hydrogens (tertiary/aromatic N) is 8. The predicted octanol–water partition coefficient (Wildman–Crippen LogP) is 29.5. The molecule has 558 valence electrons. The molecule has 13 nitrogen and oxygen atoms in total. The molecule has 0 amide bonds. The summed E-state index contributed by atoms with van der Waals surface area (Å²) in [4.78, 5) is 20.4. The maximum atomic E-state index is 11.1. The summed E-state index contributed by atoms with van der Waals surface area (Å²) in [6, 6.07) is 82.7. The normalized spacial score (nSPS) is 15.4. The minimum absolute atomic E-state index is 0. The molecule has 2 saturated carbocycles. The van der Waals surface area contributed by atoms with E-state index < -0.39 is 5.97 Å². The van der Waals surface area contributed by atoms with Crippen LogP contribution in [-0.2, 0) is 33.6 Å². The molecule has 14 heteroatoms. The third kappa shape index (κ3) is 28.5. The van der Waals surface area contributed by atoms with Gasteiger partial charge in [-0.1, -0.05) is 224 Å². The molecule has 10 aromatic rings. The van der Waals surface area contributed by atoms with Gasteiger partial charge in [0.05, 0.1) is 52.1 Å². The predicted molar refractivity (Wildman–Crippen MR) is 448 cm³/mol. The van der Waals surface area contributed by atoms with E-state index in [1.54, 1.807) is 24.3 Å². The smallest absolute Gasteiger partial charge is 0.330 e. The number of phenols is 1. The van der Waals surface area contributed by atoms with E-state index >= 15 is 0 Å². The first-order chi connectivity index (χ1) is 51.8. The number of carboxylic acid groups (broad SMARTS) is 1. The van der Waals surface area contributed by atoms with Crippen LogP contribution in [0.25, 0.3) is 22.3 Å². The van der Waals surface area contributed by atoms with Crippen molar-refractivity contribution >= 4 is 73.4 Å². The molecule has 12 rings (SSSR count). The van der Waals surface area contributed by atoms with Crippen molar-refractivity contribution in [2.75, 3.05) is 6.61 Å². The summed E-state index contributed by atoms with van der Waals surface area (Å²) < 4.78 is 6.08. The number of hydrogen-bond acceptors (Lipinski definition) is 12. The Labute approximate surface area is 649 Å². The lowest BCUT2D eigenvalue weighted by molar-refractivity contribution is -0.138. The third-order valence-corrected chi connectivity index (χ3v) is 20.3. The zero-order valence-corrected chi connectivity index (χ0v) is 62.5.